The van der Waals surface area contributed by atoms with E-state index in [9.17, 15) is 0 Å². The molecule has 1 aromatic rings. The van der Waals surface area contributed by atoms with Gasteiger partial charge < -0.3 is 10.1 Å². The maximum atomic E-state index is 5.71. The molecule has 1 fully saturated rings. The highest BCUT2D eigenvalue weighted by Gasteiger charge is 2.30. The molecular weight excluding hydrogens is 198 g/mol. The summed E-state index contributed by atoms with van der Waals surface area (Å²) in [5, 5.41) is 3.65. The number of rotatable bonds is 3. The van der Waals surface area contributed by atoms with Crippen LogP contribution in [-0.4, -0.2) is 12.6 Å². The first-order valence-corrected chi connectivity index (χ1v) is 6.26. The van der Waals surface area contributed by atoms with Crippen molar-refractivity contribution >= 4 is 0 Å². The monoisotopic (exact) mass is 217 g/mol. The number of hydrogen-bond donors (Lipinski definition) is 1. The molecule has 1 unspecified atom stereocenters. The van der Waals surface area contributed by atoms with Crippen LogP contribution in [-0.2, 0) is 0 Å². The van der Waals surface area contributed by atoms with Crippen LogP contribution >= 0.6 is 0 Å². The Morgan fingerprint density at radius 3 is 2.81 bits per heavy atom. The first-order chi connectivity index (χ1) is 7.74. The third-order valence-corrected chi connectivity index (χ3v) is 3.50. The first-order valence-electron chi connectivity index (χ1n) is 6.26. The lowest BCUT2D eigenvalue weighted by atomic mass is 9.98. The van der Waals surface area contributed by atoms with E-state index in [1.54, 1.807) is 0 Å². The van der Waals surface area contributed by atoms with Crippen molar-refractivity contribution in [3.63, 3.8) is 0 Å². The molecule has 1 N–H and O–H groups in total. The van der Waals surface area contributed by atoms with Gasteiger partial charge in [-0.25, -0.2) is 0 Å². The Hall–Kier alpha value is -1.02. The molecule has 0 radical (unpaired) electrons. The number of fused-ring (bicyclic) bond motifs is 1. The highest BCUT2D eigenvalue weighted by molar-refractivity contribution is 5.43. The fraction of sp³-hybridized carbons (Fsp3) is 0.571. The van der Waals surface area contributed by atoms with E-state index < -0.39 is 0 Å². The molecule has 0 spiro atoms. The number of ether oxygens (including phenoxy) is 1. The molecule has 1 aromatic carbocycles. The van der Waals surface area contributed by atoms with Crippen molar-refractivity contribution in [3.8, 4) is 5.75 Å². The molecule has 2 nitrogen and oxygen atoms in total. The smallest absolute Gasteiger partial charge is 0.124 e. The second kappa shape index (κ2) is 3.77. The van der Waals surface area contributed by atoms with Gasteiger partial charge in [0.25, 0.3) is 0 Å². The van der Waals surface area contributed by atoms with Crippen LogP contribution in [0.3, 0.4) is 0 Å². The summed E-state index contributed by atoms with van der Waals surface area (Å²) < 4.78 is 5.71. The van der Waals surface area contributed by atoms with E-state index in [1.165, 1.54) is 24.0 Å². The van der Waals surface area contributed by atoms with E-state index in [2.05, 4.69) is 37.4 Å². The van der Waals surface area contributed by atoms with Crippen LogP contribution in [0, 0.1) is 0 Å². The summed E-state index contributed by atoms with van der Waals surface area (Å²) in [4.78, 5) is 0. The van der Waals surface area contributed by atoms with Gasteiger partial charge in [0, 0.05) is 11.6 Å². The van der Waals surface area contributed by atoms with E-state index in [0.29, 0.717) is 12.0 Å². The molecule has 3 rings (SSSR count). The van der Waals surface area contributed by atoms with Gasteiger partial charge in [0.15, 0.2) is 0 Å². The van der Waals surface area contributed by atoms with Gasteiger partial charge in [-0.15, -0.1) is 0 Å². The quantitative estimate of drug-likeness (QED) is 0.840. The van der Waals surface area contributed by atoms with E-state index in [0.717, 1.165) is 18.4 Å². The van der Waals surface area contributed by atoms with E-state index >= 15 is 0 Å². The van der Waals surface area contributed by atoms with Crippen LogP contribution in [0.15, 0.2) is 18.2 Å². The van der Waals surface area contributed by atoms with Crippen molar-refractivity contribution in [1.29, 1.82) is 0 Å². The second-order valence-corrected chi connectivity index (χ2v) is 5.26. The summed E-state index contributed by atoms with van der Waals surface area (Å²) in [7, 11) is 0. The maximum Gasteiger partial charge on any atom is 0.124 e. The Balaban J connectivity index is 1.86. The third kappa shape index (κ3) is 1.82. The molecule has 1 heterocycles. The Bertz CT molecular complexity index is 396. The summed E-state index contributed by atoms with van der Waals surface area (Å²) in [5.74, 6) is 1.66. The molecule has 16 heavy (non-hydrogen) atoms. The standard InChI is InChI=1S/C14H19NO/c1-9(2)10-3-6-14-12(7-10)13(8-16-14)15-11-4-5-11/h3,6-7,9,11,13,15H,4-5,8H2,1-2H3. The maximum absolute atomic E-state index is 5.71. The topological polar surface area (TPSA) is 21.3 Å². The predicted octanol–water partition coefficient (Wildman–Crippen LogP) is 3.00. The van der Waals surface area contributed by atoms with Crippen LogP contribution in [0.25, 0.3) is 0 Å². The van der Waals surface area contributed by atoms with E-state index in [1.807, 2.05) is 0 Å². The summed E-state index contributed by atoms with van der Waals surface area (Å²) >= 11 is 0. The van der Waals surface area contributed by atoms with Crippen LogP contribution < -0.4 is 10.1 Å². The highest BCUT2D eigenvalue weighted by Crippen LogP contribution is 2.36. The minimum absolute atomic E-state index is 0.418. The van der Waals surface area contributed by atoms with Crippen molar-refractivity contribution in [3.05, 3.63) is 29.3 Å². The van der Waals surface area contributed by atoms with Gasteiger partial charge in [-0.1, -0.05) is 26.0 Å². The fourth-order valence-corrected chi connectivity index (χ4v) is 2.27. The SMILES string of the molecule is CC(C)c1ccc2c(c1)C(NC1CC1)CO2. The highest BCUT2D eigenvalue weighted by atomic mass is 16.5. The van der Waals surface area contributed by atoms with Gasteiger partial charge in [-0.05, 0) is 30.4 Å². The lowest BCUT2D eigenvalue weighted by Crippen LogP contribution is -2.24. The largest absolute Gasteiger partial charge is 0.491 e. The van der Waals surface area contributed by atoms with Crippen LogP contribution in [0.1, 0.15) is 49.8 Å². The molecule has 0 bridgehead atoms. The summed E-state index contributed by atoms with van der Waals surface area (Å²) in [6.07, 6.45) is 2.66. The molecule has 86 valence electrons. The second-order valence-electron chi connectivity index (χ2n) is 5.26. The summed E-state index contributed by atoms with van der Waals surface area (Å²) in [5.41, 5.74) is 2.77. The average Bonchev–Trinajstić information content (AvgIpc) is 2.99. The van der Waals surface area contributed by atoms with Gasteiger partial charge in [-0.3, -0.25) is 0 Å². The lowest BCUT2D eigenvalue weighted by Gasteiger charge is -2.12. The molecule has 2 heteroatoms. The molecule has 0 saturated heterocycles. The molecule has 1 saturated carbocycles. The van der Waals surface area contributed by atoms with Crippen molar-refractivity contribution in [1.82, 2.24) is 5.32 Å². The van der Waals surface area contributed by atoms with Crippen LogP contribution in [0.5, 0.6) is 5.75 Å². The zero-order valence-electron chi connectivity index (χ0n) is 9.99. The van der Waals surface area contributed by atoms with Gasteiger partial charge in [0.1, 0.15) is 12.4 Å². The zero-order valence-corrected chi connectivity index (χ0v) is 9.99. The van der Waals surface area contributed by atoms with Gasteiger partial charge in [-0.2, -0.15) is 0 Å². The van der Waals surface area contributed by atoms with Gasteiger partial charge in [0.05, 0.1) is 6.04 Å². The van der Waals surface area contributed by atoms with Gasteiger partial charge >= 0.3 is 0 Å². The Morgan fingerprint density at radius 1 is 1.31 bits per heavy atom. The fourth-order valence-electron chi connectivity index (χ4n) is 2.27. The number of nitrogens with one attached hydrogen (secondary N) is 1. The van der Waals surface area contributed by atoms with Crippen molar-refractivity contribution < 1.29 is 4.74 Å². The Morgan fingerprint density at radius 2 is 2.12 bits per heavy atom. The minimum atomic E-state index is 0.418. The minimum Gasteiger partial charge on any atom is -0.491 e. The molecule has 1 aliphatic carbocycles. The molecule has 0 aromatic heterocycles. The third-order valence-electron chi connectivity index (χ3n) is 3.50. The average molecular weight is 217 g/mol. The Labute approximate surface area is 97.0 Å². The summed E-state index contributed by atoms with van der Waals surface area (Å²) in [6, 6.07) is 7.78. The van der Waals surface area contributed by atoms with E-state index in [-0.39, 0.29) is 0 Å². The molecule has 2 aliphatic rings. The molecule has 1 atom stereocenters. The van der Waals surface area contributed by atoms with Crippen molar-refractivity contribution in [2.45, 2.75) is 44.7 Å². The number of benzene rings is 1. The molecular formula is C14H19NO. The zero-order chi connectivity index (χ0) is 11.1. The van der Waals surface area contributed by atoms with Crippen LogP contribution in [0.4, 0.5) is 0 Å². The van der Waals surface area contributed by atoms with Crippen molar-refractivity contribution in [2.24, 2.45) is 0 Å². The van der Waals surface area contributed by atoms with Crippen LogP contribution in [0.2, 0.25) is 0 Å². The normalized spacial score (nSPS) is 23.3. The molecule has 1 aliphatic heterocycles. The number of hydrogen-bond acceptors (Lipinski definition) is 2. The van der Waals surface area contributed by atoms with Crippen molar-refractivity contribution in [2.75, 3.05) is 6.61 Å². The molecule has 0 amide bonds. The van der Waals surface area contributed by atoms with E-state index in [4.69, 9.17) is 4.74 Å². The first kappa shape index (κ1) is 10.2. The predicted molar refractivity (Wildman–Crippen MR) is 64.9 cm³/mol. The summed E-state index contributed by atoms with van der Waals surface area (Å²) in [6.45, 7) is 5.27. The Kier molecular flexibility index (Phi) is 2.40. The van der Waals surface area contributed by atoms with Gasteiger partial charge in [0.2, 0.25) is 0 Å². The lowest BCUT2D eigenvalue weighted by molar-refractivity contribution is 0.310.